The van der Waals surface area contributed by atoms with Gasteiger partial charge in [0.15, 0.2) is 0 Å². The number of ether oxygens (including phenoxy) is 2. The number of aryl methyl sites for hydroxylation is 1. The fraction of sp³-hybridized carbons (Fsp3) is 0.391. The van der Waals surface area contributed by atoms with Crippen molar-refractivity contribution in [3.63, 3.8) is 0 Å². The van der Waals surface area contributed by atoms with Crippen LogP contribution in [-0.2, 0) is 0 Å². The normalized spacial score (nSPS) is 9.90. The first kappa shape index (κ1) is 26.4. The fourth-order valence-corrected chi connectivity index (χ4v) is 2.61. The highest BCUT2D eigenvalue weighted by molar-refractivity contribution is 5.84. The Kier molecular flexibility index (Phi) is 11.6. The molecule has 0 atom stereocenters. The van der Waals surface area contributed by atoms with Gasteiger partial charge in [-0.2, -0.15) is 0 Å². The van der Waals surface area contributed by atoms with Crippen LogP contribution < -0.4 is 9.47 Å². The molecule has 0 amide bonds. The van der Waals surface area contributed by atoms with E-state index in [0.29, 0.717) is 11.3 Å². The van der Waals surface area contributed by atoms with E-state index in [2.05, 4.69) is 4.74 Å². The number of hydrogen-bond donors (Lipinski definition) is 0. The zero-order chi connectivity index (χ0) is 22.6. The molecule has 0 unspecified atom stereocenters. The van der Waals surface area contributed by atoms with E-state index in [-0.39, 0.29) is 5.75 Å². The summed E-state index contributed by atoms with van der Waals surface area (Å²) in [6.45, 7) is 13.9. The van der Waals surface area contributed by atoms with Crippen molar-refractivity contribution in [2.45, 2.75) is 54.8 Å². The highest BCUT2D eigenvalue weighted by Crippen LogP contribution is 2.31. The molecule has 0 spiro atoms. The topological polar surface area (TPSA) is 23.4 Å². The summed E-state index contributed by atoms with van der Waals surface area (Å²) in [5.74, 6) is 0.429. The number of benzene rings is 2. The third-order valence-electron chi connectivity index (χ3n) is 3.50. The van der Waals surface area contributed by atoms with Crippen molar-refractivity contribution in [2.24, 2.45) is 0 Å². The van der Waals surface area contributed by atoms with Gasteiger partial charge < -0.3 is 14.0 Å². The number of nitrogens with zero attached hydrogens (tertiary/aromatic N) is 1. The van der Waals surface area contributed by atoms with Gasteiger partial charge in [0.25, 0.3) is 0 Å². The van der Waals surface area contributed by atoms with Gasteiger partial charge >= 0.3 is 6.36 Å². The van der Waals surface area contributed by atoms with Crippen LogP contribution in [0.25, 0.3) is 16.6 Å². The molecule has 0 N–H and O–H groups in total. The van der Waals surface area contributed by atoms with Gasteiger partial charge in [-0.3, -0.25) is 0 Å². The lowest BCUT2D eigenvalue weighted by Gasteiger charge is -2.12. The molecule has 3 rings (SSSR count). The van der Waals surface area contributed by atoms with Crippen LogP contribution in [-0.4, -0.2) is 18.0 Å². The largest absolute Gasteiger partial charge is 0.573 e. The Hall–Kier alpha value is -2.63. The van der Waals surface area contributed by atoms with Gasteiger partial charge in [0.05, 0.1) is 12.6 Å². The number of aromatic nitrogens is 1. The molecule has 0 saturated heterocycles. The van der Waals surface area contributed by atoms with E-state index in [1.807, 2.05) is 83.4 Å². The summed E-state index contributed by atoms with van der Waals surface area (Å²) >= 11 is 0. The molecule has 3 aromatic rings. The average Bonchev–Trinajstić information content (AvgIpc) is 3.06. The number of rotatable bonds is 3. The molecule has 0 radical (unpaired) electrons. The number of methoxy groups -OCH3 is 1. The van der Waals surface area contributed by atoms with Crippen molar-refractivity contribution in [1.82, 2.24) is 4.57 Å². The molecular weight excluding hydrogens is 379 g/mol. The Balaban J connectivity index is 0.00000120. The predicted molar refractivity (Wildman–Crippen MR) is 115 cm³/mol. The molecule has 3 nitrogen and oxygen atoms in total. The number of hydrogen-bond acceptors (Lipinski definition) is 2. The summed E-state index contributed by atoms with van der Waals surface area (Å²) < 4.78 is 48.4. The van der Waals surface area contributed by atoms with Crippen LogP contribution in [0.1, 0.15) is 47.2 Å². The summed E-state index contributed by atoms with van der Waals surface area (Å²) in [4.78, 5) is 0. The maximum atomic E-state index is 12.4. The van der Waals surface area contributed by atoms with E-state index < -0.39 is 6.36 Å². The van der Waals surface area contributed by atoms with Crippen molar-refractivity contribution in [3.8, 4) is 17.2 Å². The fourth-order valence-electron chi connectivity index (χ4n) is 2.61. The number of halogens is 3. The van der Waals surface area contributed by atoms with E-state index in [1.165, 1.54) is 12.1 Å². The zero-order valence-electron chi connectivity index (χ0n) is 18.5. The first-order valence-corrected chi connectivity index (χ1v) is 9.90. The van der Waals surface area contributed by atoms with E-state index in [0.717, 1.165) is 16.8 Å². The Morgan fingerprint density at radius 2 is 1.41 bits per heavy atom. The van der Waals surface area contributed by atoms with Crippen LogP contribution >= 0.6 is 0 Å². The molecule has 1 heterocycles. The number of alkyl halides is 3. The minimum absolute atomic E-state index is 0.243. The summed E-state index contributed by atoms with van der Waals surface area (Å²) in [7, 11) is 1.56. The Bertz CT molecular complexity index is 855. The second kappa shape index (κ2) is 12.8. The zero-order valence-corrected chi connectivity index (χ0v) is 18.5. The molecular formula is C23H32F3NO2. The minimum Gasteiger partial charge on any atom is -0.497 e. The second-order valence-corrected chi connectivity index (χ2v) is 5.09. The maximum Gasteiger partial charge on any atom is 0.573 e. The van der Waals surface area contributed by atoms with Crippen molar-refractivity contribution in [3.05, 3.63) is 54.2 Å². The van der Waals surface area contributed by atoms with Crippen molar-refractivity contribution < 1.29 is 22.6 Å². The van der Waals surface area contributed by atoms with Gasteiger partial charge in [0.2, 0.25) is 0 Å². The smallest absolute Gasteiger partial charge is 0.497 e. The van der Waals surface area contributed by atoms with Crippen molar-refractivity contribution >= 4 is 10.9 Å². The third kappa shape index (κ3) is 7.37. The summed E-state index contributed by atoms with van der Waals surface area (Å²) in [6.07, 6.45) is -4.71. The quantitative estimate of drug-likeness (QED) is 0.437. The van der Waals surface area contributed by atoms with Crippen LogP contribution in [0.5, 0.6) is 11.5 Å². The minimum atomic E-state index is -4.71. The Labute approximate surface area is 172 Å². The average molecular weight is 412 g/mol. The van der Waals surface area contributed by atoms with E-state index in [1.54, 1.807) is 13.2 Å². The van der Waals surface area contributed by atoms with Gasteiger partial charge in [0, 0.05) is 28.9 Å². The standard InChI is InChI=1S/C17H14F3NO2.3C2H6/c1-11-8-12-6-7-15(23-17(18,19)20)10-16(12)21(11)13-4-3-5-14(9-13)22-2;3*1-2/h3-10H,1-2H3;3*1-2H3. The van der Waals surface area contributed by atoms with Crippen molar-refractivity contribution in [1.29, 1.82) is 0 Å². The monoisotopic (exact) mass is 411 g/mol. The van der Waals surface area contributed by atoms with E-state index in [4.69, 9.17) is 4.74 Å². The number of fused-ring (bicyclic) bond motifs is 1. The highest BCUT2D eigenvalue weighted by Gasteiger charge is 2.31. The molecule has 0 fully saturated rings. The molecule has 6 heteroatoms. The molecule has 0 bridgehead atoms. The molecule has 162 valence electrons. The lowest BCUT2D eigenvalue weighted by Crippen LogP contribution is -2.17. The SMILES string of the molecule is CC.CC.CC.COc1cccc(-n2c(C)cc3ccc(OC(F)(F)F)cc32)c1. The predicted octanol–water partition coefficient (Wildman–Crippen LogP) is 7.92. The van der Waals surface area contributed by atoms with Crippen LogP contribution in [0.4, 0.5) is 13.2 Å². The molecule has 0 aliphatic rings. The molecule has 0 aliphatic carbocycles. The van der Waals surface area contributed by atoms with Crippen molar-refractivity contribution in [2.75, 3.05) is 7.11 Å². The first-order valence-electron chi connectivity index (χ1n) is 9.90. The van der Waals surface area contributed by atoms with E-state index >= 15 is 0 Å². The van der Waals surface area contributed by atoms with Crippen LogP contribution in [0, 0.1) is 6.92 Å². The summed E-state index contributed by atoms with van der Waals surface area (Å²) in [5.41, 5.74) is 2.34. The lowest BCUT2D eigenvalue weighted by molar-refractivity contribution is -0.274. The Morgan fingerprint density at radius 1 is 0.793 bits per heavy atom. The summed E-state index contributed by atoms with van der Waals surface area (Å²) in [6, 6.07) is 13.5. The molecule has 2 aromatic carbocycles. The molecule has 0 aliphatic heterocycles. The third-order valence-corrected chi connectivity index (χ3v) is 3.50. The maximum absolute atomic E-state index is 12.4. The van der Waals surface area contributed by atoms with Gasteiger partial charge in [-0.1, -0.05) is 47.6 Å². The molecule has 1 aromatic heterocycles. The summed E-state index contributed by atoms with van der Waals surface area (Å²) in [5, 5.41) is 0.833. The second-order valence-electron chi connectivity index (χ2n) is 5.09. The van der Waals surface area contributed by atoms with Gasteiger partial charge in [-0.05, 0) is 37.3 Å². The van der Waals surface area contributed by atoms with Crippen LogP contribution in [0.2, 0.25) is 0 Å². The van der Waals surface area contributed by atoms with Gasteiger partial charge in [0.1, 0.15) is 11.5 Å². The van der Waals surface area contributed by atoms with E-state index in [9.17, 15) is 13.2 Å². The van der Waals surface area contributed by atoms with Gasteiger partial charge in [-0.15, -0.1) is 13.2 Å². The Morgan fingerprint density at radius 3 is 1.97 bits per heavy atom. The molecule has 29 heavy (non-hydrogen) atoms. The lowest BCUT2D eigenvalue weighted by atomic mass is 10.2. The first-order chi connectivity index (χ1) is 13.9. The van der Waals surface area contributed by atoms with Crippen LogP contribution in [0.3, 0.4) is 0 Å². The van der Waals surface area contributed by atoms with Gasteiger partial charge in [-0.25, -0.2) is 0 Å². The highest BCUT2D eigenvalue weighted by atomic mass is 19.4. The molecule has 0 saturated carbocycles. The van der Waals surface area contributed by atoms with Crippen LogP contribution in [0.15, 0.2) is 48.5 Å².